The minimum atomic E-state index is -3.03. The highest BCUT2D eigenvalue weighted by Crippen LogP contribution is 2.38. The highest BCUT2D eigenvalue weighted by Gasteiger charge is 2.27. The summed E-state index contributed by atoms with van der Waals surface area (Å²) in [6.07, 6.45) is 1.49. The van der Waals surface area contributed by atoms with Crippen molar-refractivity contribution < 1.29 is 41.7 Å². The fraction of sp³-hybridized carbons (Fsp3) is 0.375. The van der Waals surface area contributed by atoms with Gasteiger partial charge in [0.2, 0.25) is 0 Å². The third-order valence-corrected chi connectivity index (χ3v) is 7.82. The maximum atomic E-state index is 11.7. The SMILES string of the molecule is CCC(=O)O[C@@H]1COc2cc(OCc3cccc(-c4ccc(OCCCS(C)(=O)=O)cc4C)c3COC(C)=O)ccc21. The van der Waals surface area contributed by atoms with Crippen molar-refractivity contribution in [3.05, 3.63) is 76.9 Å². The van der Waals surface area contributed by atoms with Crippen LogP contribution in [0.4, 0.5) is 0 Å². The lowest BCUT2D eigenvalue weighted by Gasteiger charge is -2.18. The Morgan fingerprint density at radius 1 is 0.976 bits per heavy atom. The Balaban J connectivity index is 1.52. The normalized spacial score (nSPS) is 14.0. The van der Waals surface area contributed by atoms with Crippen LogP contribution in [-0.2, 0) is 42.1 Å². The van der Waals surface area contributed by atoms with Gasteiger partial charge in [-0.25, -0.2) is 8.42 Å². The average Bonchev–Trinajstić information content (AvgIpc) is 3.34. The molecule has 4 rings (SSSR count). The zero-order valence-corrected chi connectivity index (χ0v) is 25.1. The number of hydrogen-bond donors (Lipinski definition) is 0. The third kappa shape index (κ3) is 8.25. The molecule has 3 aromatic carbocycles. The standard InChI is InChI=1S/C32H36O9S/c1-5-32(34)41-31-20-40-30-17-25(11-13-28(30)31)39-18-23-8-6-9-27(29(23)19-38-22(3)33)26-12-10-24(16-21(26)2)37-14-7-15-42(4,35)36/h6,8-13,16-17,31H,5,7,14-15,18-20H2,1-4H3/t31-/m1/s1. The second-order valence-corrected chi connectivity index (χ2v) is 12.4. The van der Waals surface area contributed by atoms with E-state index >= 15 is 0 Å². The van der Waals surface area contributed by atoms with Crippen molar-refractivity contribution in [3.63, 3.8) is 0 Å². The molecule has 224 valence electrons. The highest BCUT2D eigenvalue weighted by atomic mass is 32.2. The number of benzene rings is 3. The van der Waals surface area contributed by atoms with Gasteiger partial charge in [0.05, 0.1) is 12.4 Å². The van der Waals surface area contributed by atoms with Crippen LogP contribution in [0.25, 0.3) is 11.1 Å². The first kappa shape index (κ1) is 30.9. The molecule has 1 aliphatic rings. The monoisotopic (exact) mass is 596 g/mol. The van der Waals surface area contributed by atoms with Crippen LogP contribution in [0.5, 0.6) is 17.2 Å². The van der Waals surface area contributed by atoms with Crippen molar-refractivity contribution in [3.8, 4) is 28.4 Å². The van der Waals surface area contributed by atoms with E-state index in [0.717, 1.165) is 33.4 Å². The van der Waals surface area contributed by atoms with Crippen molar-refractivity contribution in [2.45, 2.75) is 52.9 Å². The fourth-order valence-electron chi connectivity index (χ4n) is 4.66. The lowest BCUT2D eigenvalue weighted by molar-refractivity contribution is -0.149. The minimum Gasteiger partial charge on any atom is -0.494 e. The molecule has 0 aliphatic carbocycles. The summed E-state index contributed by atoms with van der Waals surface area (Å²) in [5.41, 5.74) is 5.27. The van der Waals surface area contributed by atoms with Crippen molar-refractivity contribution >= 4 is 21.8 Å². The molecule has 10 heteroatoms. The summed E-state index contributed by atoms with van der Waals surface area (Å²) in [7, 11) is -3.03. The van der Waals surface area contributed by atoms with Gasteiger partial charge in [-0.2, -0.15) is 0 Å². The summed E-state index contributed by atoms with van der Waals surface area (Å²) in [6, 6.07) is 17.0. The van der Waals surface area contributed by atoms with E-state index in [1.54, 1.807) is 13.0 Å². The largest absolute Gasteiger partial charge is 0.494 e. The van der Waals surface area contributed by atoms with Gasteiger partial charge in [-0.1, -0.05) is 31.2 Å². The zero-order chi connectivity index (χ0) is 30.3. The third-order valence-electron chi connectivity index (χ3n) is 6.79. The van der Waals surface area contributed by atoms with Gasteiger partial charge in [0, 0.05) is 36.8 Å². The predicted molar refractivity (Wildman–Crippen MR) is 157 cm³/mol. The topological polar surface area (TPSA) is 114 Å². The Hall–Kier alpha value is -4.05. The van der Waals surface area contributed by atoms with Crippen LogP contribution in [0.3, 0.4) is 0 Å². The lowest BCUT2D eigenvalue weighted by atomic mass is 9.93. The molecule has 0 saturated carbocycles. The Morgan fingerprint density at radius 3 is 2.45 bits per heavy atom. The van der Waals surface area contributed by atoms with E-state index in [0.29, 0.717) is 36.7 Å². The van der Waals surface area contributed by atoms with Crippen LogP contribution in [0, 0.1) is 6.92 Å². The second-order valence-electron chi connectivity index (χ2n) is 10.2. The second kappa shape index (κ2) is 13.7. The Labute approximate surface area is 246 Å². The smallest absolute Gasteiger partial charge is 0.306 e. The van der Waals surface area contributed by atoms with Crippen molar-refractivity contribution in [2.75, 3.05) is 25.2 Å². The van der Waals surface area contributed by atoms with Crippen LogP contribution >= 0.6 is 0 Å². The van der Waals surface area contributed by atoms with Crippen LogP contribution in [0.1, 0.15) is 55.0 Å². The summed E-state index contributed by atoms with van der Waals surface area (Å²) in [6.45, 7) is 5.95. The summed E-state index contributed by atoms with van der Waals surface area (Å²) >= 11 is 0. The average molecular weight is 597 g/mol. The summed E-state index contributed by atoms with van der Waals surface area (Å²) in [5, 5.41) is 0. The molecule has 9 nitrogen and oxygen atoms in total. The highest BCUT2D eigenvalue weighted by molar-refractivity contribution is 7.90. The molecule has 0 saturated heterocycles. The van der Waals surface area contributed by atoms with Crippen molar-refractivity contribution in [1.82, 2.24) is 0 Å². The van der Waals surface area contributed by atoms with E-state index in [4.69, 9.17) is 23.7 Å². The predicted octanol–water partition coefficient (Wildman–Crippen LogP) is 5.50. The van der Waals surface area contributed by atoms with E-state index in [9.17, 15) is 18.0 Å². The van der Waals surface area contributed by atoms with E-state index in [1.165, 1.54) is 13.2 Å². The van der Waals surface area contributed by atoms with Gasteiger partial charge in [0.1, 0.15) is 46.9 Å². The lowest BCUT2D eigenvalue weighted by Crippen LogP contribution is -2.11. The number of esters is 2. The molecule has 0 spiro atoms. The molecule has 0 aromatic heterocycles. The molecule has 42 heavy (non-hydrogen) atoms. The molecule has 1 aliphatic heterocycles. The van der Waals surface area contributed by atoms with Crippen LogP contribution in [-0.4, -0.2) is 45.6 Å². The van der Waals surface area contributed by atoms with E-state index < -0.39 is 15.9 Å². The number of aryl methyl sites for hydroxylation is 1. The molecular weight excluding hydrogens is 560 g/mol. The molecule has 0 radical (unpaired) electrons. The Morgan fingerprint density at radius 2 is 1.74 bits per heavy atom. The van der Waals surface area contributed by atoms with Gasteiger partial charge in [0.25, 0.3) is 0 Å². The van der Waals surface area contributed by atoms with E-state index in [1.807, 2.05) is 55.5 Å². The number of fused-ring (bicyclic) bond motifs is 1. The Kier molecular flexibility index (Phi) is 10.1. The summed E-state index contributed by atoms with van der Waals surface area (Å²) in [5.74, 6) is 1.26. The Bertz CT molecular complexity index is 1550. The molecule has 1 atom stereocenters. The number of hydrogen-bond acceptors (Lipinski definition) is 9. The van der Waals surface area contributed by atoms with Crippen LogP contribution in [0.2, 0.25) is 0 Å². The van der Waals surface area contributed by atoms with Gasteiger partial charge in [-0.05, 0) is 59.9 Å². The van der Waals surface area contributed by atoms with Crippen LogP contribution in [0.15, 0.2) is 54.6 Å². The van der Waals surface area contributed by atoms with E-state index in [-0.39, 0.29) is 37.5 Å². The van der Waals surface area contributed by atoms with Crippen molar-refractivity contribution in [2.24, 2.45) is 0 Å². The first-order valence-electron chi connectivity index (χ1n) is 13.8. The number of carbonyl (C=O) groups excluding carboxylic acids is 2. The maximum absolute atomic E-state index is 11.7. The zero-order valence-electron chi connectivity index (χ0n) is 24.3. The molecule has 0 bridgehead atoms. The molecule has 1 heterocycles. The molecule has 0 amide bonds. The van der Waals surface area contributed by atoms with E-state index in [2.05, 4.69) is 0 Å². The van der Waals surface area contributed by atoms with Crippen molar-refractivity contribution in [1.29, 1.82) is 0 Å². The number of rotatable bonds is 13. The van der Waals surface area contributed by atoms with Gasteiger partial charge in [0.15, 0.2) is 6.10 Å². The summed E-state index contributed by atoms with van der Waals surface area (Å²) in [4.78, 5) is 23.4. The van der Waals surface area contributed by atoms with Gasteiger partial charge in [-0.3, -0.25) is 9.59 Å². The molecule has 0 unspecified atom stereocenters. The molecule has 0 fully saturated rings. The maximum Gasteiger partial charge on any atom is 0.306 e. The number of carbonyl (C=O) groups is 2. The molecule has 0 N–H and O–H groups in total. The first-order chi connectivity index (χ1) is 20.0. The first-order valence-corrected chi connectivity index (χ1v) is 15.8. The van der Waals surface area contributed by atoms with Gasteiger partial charge in [-0.15, -0.1) is 0 Å². The summed E-state index contributed by atoms with van der Waals surface area (Å²) < 4.78 is 51.2. The van der Waals surface area contributed by atoms with Crippen LogP contribution < -0.4 is 14.2 Å². The molecule has 3 aromatic rings. The minimum absolute atomic E-state index is 0.0746. The number of sulfone groups is 1. The fourth-order valence-corrected chi connectivity index (χ4v) is 5.30. The van der Waals surface area contributed by atoms with Gasteiger partial charge < -0.3 is 23.7 Å². The molecular formula is C32H36O9S. The quantitative estimate of drug-likeness (QED) is 0.186. The number of ether oxygens (including phenoxy) is 5. The van der Waals surface area contributed by atoms with Gasteiger partial charge >= 0.3 is 11.9 Å².